The van der Waals surface area contributed by atoms with Gasteiger partial charge in [-0.2, -0.15) is 0 Å². The molecule has 4 aromatic rings. The summed E-state index contributed by atoms with van der Waals surface area (Å²) in [7, 11) is 1.50. The fraction of sp³-hybridized carbons (Fsp3) is 0.276. The minimum atomic E-state index is -0.997. The molecule has 1 aromatic heterocycles. The molecule has 1 saturated heterocycles. The van der Waals surface area contributed by atoms with Crippen molar-refractivity contribution < 1.29 is 39.7 Å². The number of hydrogen-bond donors (Lipinski definition) is 1. The summed E-state index contributed by atoms with van der Waals surface area (Å²) in [6.07, 6.45) is 2.58. The average Bonchev–Trinajstić information content (AvgIpc) is 3.53. The van der Waals surface area contributed by atoms with Gasteiger partial charge in [0.1, 0.15) is 23.7 Å². The molecule has 1 N–H and O–H groups in total. The number of aromatic nitrogens is 1. The van der Waals surface area contributed by atoms with Crippen molar-refractivity contribution in [1.82, 2.24) is 9.47 Å². The van der Waals surface area contributed by atoms with Crippen LogP contribution >= 0.6 is 0 Å². The largest absolute Gasteiger partial charge is 1.00 e. The molecule has 0 saturated carbocycles. The summed E-state index contributed by atoms with van der Waals surface area (Å²) >= 11 is 0. The first-order chi connectivity index (χ1) is 17.1. The molecule has 7 heteroatoms. The normalized spacial score (nSPS) is 13.5. The monoisotopic (exact) mass is 478 g/mol. The molecule has 0 amide bonds. The number of hydrogen-bond acceptors (Lipinski definition) is 4. The van der Waals surface area contributed by atoms with E-state index in [1.54, 1.807) is 12.1 Å². The van der Waals surface area contributed by atoms with Crippen molar-refractivity contribution in [2.45, 2.75) is 19.4 Å². The van der Waals surface area contributed by atoms with Gasteiger partial charge in [-0.25, -0.2) is 4.79 Å². The number of methoxy groups -OCH3 is 1. The molecule has 0 spiro atoms. The number of carboxylic acids is 1. The minimum absolute atomic E-state index is 0. The van der Waals surface area contributed by atoms with Crippen LogP contribution in [0.3, 0.4) is 0 Å². The molecule has 182 valence electrons. The van der Waals surface area contributed by atoms with Crippen molar-refractivity contribution in [3.8, 4) is 22.8 Å². The predicted octanol–water partition coefficient (Wildman–Crippen LogP) is 2.65. The van der Waals surface area contributed by atoms with Gasteiger partial charge in [-0.05, 0) is 85.6 Å². The molecular weight excluding hydrogens is 447 g/mol. The van der Waals surface area contributed by atoms with E-state index in [4.69, 9.17) is 9.47 Å². The Bertz CT molecular complexity index is 1330. The number of carbonyl (C=O) groups is 1. The van der Waals surface area contributed by atoms with Crippen LogP contribution in [0.1, 0.15) is 30.2 Å². The number of benzene rings is 3. The molecule has 2 heterocycles. The topological polar surface area (TPSA) is 63.9 Å². The summed E-state index contributed by atoms with van der Waals surface area (Å²) in [6, 6.07) is 24.0. The van der Waals surface area contributed by atoms with Crippen LogP contribution in [0.2, 0.25) is 0 Å². The van der Waals surface area contributed by atoms with Crippen molar-refractivity contribution in [3.05, 3.63) is 83.9 Å². The zero-order chi connectivity index (χ0) is 24.2. The zero-order valence-electron chi connectivity index (χ0n) is 21.9. The van der Waals surface area contributed by atoms with Crippen molar-refractivity contribution >= 4 is 16.9 Å². The SMILES string of the molecule is COc1cc(Cn2c(-c3ccc(OCCN4CCCC4)cc3)cc3ccccc32)ccc1C(=O)O.[H-].[Li+]. The number of likely N-dealkylation sites (tertiary alicyclic amines) is 1. The second kappa shape index (κ2) is 11.7. The van der Waals surface area contributed by atoms with Crippen LogP contribution in [0.5, 0.6) is 11.5 Å². The van der Waals surface area contributed by atoms with Gasteiger partial charge in [0.05, 0.1) is 7.11 Å². The van der Waals surface area contributed by atoms with Crippen LogP contribution < -0.4 is 28.3 Å². The first-order valence-electron chi connectivity index (χ1n) is 12.1. The number of carboxylic acid groups (broad SMARTS) is 1. The molecule has 0 bridgehead atoms. The Hall–Kier alpha value is -3.17. The van der Waals surface area contributed by atoms with Gasteiger partial charge in [0.25, 0.3) is 0 Å². The third-order valence-corrected chi connectivity index (χ3v) is 6.67. The number of para-hydroxylation sites is 1. The number of nitrogens with zero attached hydrogens (tertiary/aromatic N) is 2. The van der Waals surface area contributed by atoms with Crippen LogP contribution in [0.4, 0.5) is 0 Å². The van der Waals surface area contributed by atoms with Crippen LogP contribution in [0.15, 0.2) is 72.8 Å². The molecular formula is C29H31LiN2O4. The average molecular weight is 479 g/mol. The first kappa shape index (κ1) is 25.9. The first-order valence-corrected chi connectivity index (χ1v) is 12.1. The smallest absolute Gasteiger partial charge is 1.00 e. The van der Waals surface area contributed by atoms with Crippen molar-refractivity contribution in [2.75, 3.05) is 33.4 Å². The van der Waals surface area contributed by atoms with E-state index < -0.39 is 5.97 Å². The van der Waals surface area contributed by atoms with Gasteiger partial charge in [0.15, 0.2) is 0 Å². The van der Waals surface area contributed by atoms with Crippen LogP contribution in [0.25, 0.3) is 22.2 Å². The van der Waals surface area contributed by atoms with Gasteiger partial charge in [-0.15, -0.1) is 0 Å². The number of fused-ring (bicyclic) bond motifs is 1. The van der Waals surface area contributed by atoms with Gasteiger partial charge >= 0.3 is 24.8 Å². The summed E-state index contributed by atoms with van der Waals surface area (Å²) < 4.78 is 13.6. The number of aromatic carboxylic acids is 1. The van der Waals surface area contributed by atoms with E-state index >= 15 is 0 Å². The van der Waals surface area contributed by atoms with Crippen molar-refractivity contribution in [1.29, 1.82) is 0 Å². The quantitative estimate of drug-likeness (QED) is 0.375. The minimum Gasteiger partial charge on any atom is -1.00 e. The Morgan fingerprint density at radius 3 is 2.47 bits per heavy atom. The fourth-order valence-electron chi connectivity index (χ4n) is 4.83. The Kier molecular flexibility index (Phi) is 8.43. The van der Waals surface area contributed by atoms with E-state index in [1.807, 2.05) is 30.3 Å². The van der Waals surface area contributed by atoms with Crippen molar-refractivity contribution in [3.63, 3.8) is 0 Å². The van der Waals surface area contributed by atoms with E-state index in [2.05, 4.69) is 39.8 Å². The van der Waals surface area contributed by atoms with Crippen LogP contribution in [-0.4, -0.2) is 53.9 Å². The van der Waals surface area contributed by atoms with Gasteiger partial charge in [0, 0.05) is 29.7 Å². The summed E-state index contributed by atoms with van der Waals surface area (Å²) in [5.41, 5.74) is 4.44. The Morgan fingerprint density at radius 1 is 1.00 bits per heavy atom. The predicted molar refractivity (Wildman–Crippen MR) is 139 cm³/mol. The van der Waals surface area contributed by atoms with Gasteiger partial charge in [0.2, 0.25) is 0 Å². The second-order valence-corrected chi connectivity index (χ2v) is 8.94. The molecule has 0 aliphatic carbocycles. The maximum absolute atomic E-state index is 11.5. The third-order valence-electron chi connectivity index (χ3n) is 6.67. The molecule has 0 unspecified atom stereocenters. The summed E-state index contributed by atoms with van der Waals surface area (Å²) in [5.74, 6) is 0.247. The number of rotatable bonds is 9. The molecule has 3 aromatic carbocycles. The molecule has 0 radical (unpaired) electrons. The zero-order valence-corrected chi connectivity index (χ0v) is 20.9. The molecule has 36 heavy (non-hydrogen) atoms. The molecule has 1 aliphatic heterocycles. The molecule has 5 rings (SSSR count). The summed E-state index contributed by atoms with van der Waals surface area (Å²) in [5, 5.41) is 10.6. The second-order valence-electron chi connectivity index (χ2n) is 8.94. The van der Waals surface area contributed by atoms with E-state index in [0.717, 1.165) is 40.0 Å². The summed E-state index contributed by atoms with van der Waals surface area (Å²) in [6.45, 7) is 4.62. The maximum Gasteiger partial charge on any atom is 1.00 e. The van der Waals surface area contributed by atoms with Crippen LogP contribution in [-0.2, 0) is 6.54 Å². The maximum atomic E-state index is 11.5. The van der Waals surface area contributed by atoms with Gasteiger partial charge in [-0.1, -0.05) is 24.3 Å². The van der Waals surface area contributed by atoms with E-state index in [9.17, 15) is 9.90 Å². The van der Waals surface area contributed by atoms with Crippen molar-refractivity contribution in [2.24, 2.45) is 0 Å². The Balaban J connectivity index is 0.00000190. The van der Waals surface area contributed by atoms with E-state index in [-0.39, 0.29) is 25.9 Å². The van der Waals surface area contributed by atoms with E-state index in [0.29, 0.717) is 18.9 Å². The molecule has 1 fully saturated rings. The molecule has 0 atom stereocenters. The molecule has 6 nitrogen and oxygen atoms in total. The fourth-order valence-corrected chi connectivity index (χ4v) is 4.83. The third kappa shape index (κ3) is 5.62. The van der Waals surface area contributed by atoms with Gasteiger partial charge in [-0.3, -0.25) is 4.90 Å². The summed E-state index contributed by atoms with van der Waals surface area (Å²) in [4.78, 5) is 13.9. The standard InChI is InChI=1S/C29H30N2O4.Li.H/c1-34-28-18-21(8-13-25(28)29(32)33)20-31-26-7-3-2-6-23(26)19-27(31)22-9-11-24(12-10-22)35-17-16-30-14-4-5-15-30;;/h2-3,6-13,18-19H,4-5,14-17,20H2,1H3,(H,32,33);;/q;+1;-1. The van der Waals surface area contributed by atoms with E-state index in [1.165, 1.54) is 33.0 Å². The Labute approximate surface area is 225 Å². The van der Waals surface area contributed by atoms with Crippen LogP contribution in [0, 0.1) is 0 Å². The van der Waals surface area contributed by atoms with Gasteiger partial charge < -0.3 is 20.6 Å². The molecule has 1 aliphatic rings. The Morgan fingerprint density at radius 2 is 1.75 bits per heavy atom. The number of ether oxygens (including phenoxy) is 2.